The molecule has 1 aliphatic heterocycles. The summed E-state index contributed by atoms with van der Waals surface area (Å²) < 4.78 is 0. The number of hydrogen-bond donors (Lipinski definition) is 1. The fourth-order valence-corrected chi connectivity index (χ4v) is 2.70. The van der Waals surface area contributed by atoms with Crippen molar-refractivity contribution < 1.29 is 5.11 Å². The van der Waals surface area contributed by atoms with Crippen LogP contribution in [0.4, 0.5) is 11.5 Å². The van der Waals surface area contributed by atoms with Crippen LogP contribution >= 0.6 is 0 Å². The molecule has 98 valence electrons. The SMILES string of the molecule is CC1Cc2ccccc2N1c1ccc([C@H](C)O)cn1. The summed E-state index contributed by atoms with van der Waals surface area (Å²) in [5.41, 5.74) is 3.47. The highest BCUT2D eigenvalue weighted by atomic mass is 16.3. The zero-order valence-corrected chi connectivity index (χ0v) is 11.2. The molecule has 1 N–H and O–H groups in total. The number of anilines is 2. The quantitative estimate of drug-likeness (QED) is 0.894. The number of pyridine rings is 1. The molecule has 1 aromatic heterocycles. The summed E-state index contributed by atoms with van der Waals surface area (Å²) in [6, 6.07) is 12.8. The lowest BCUT2D eigenvalue weighted by atomic mass is 10.1. The molecule has 1 unspecified atom stereocenters. The van der Waals surface area contributed by atoms with Crippen molar-refractivity contribution in [2.45, 2.75) is 32.4 Å². The lowest BCUT2D eigenvalue weighted by molar-refractivity contribution is 0.199. The van der Waals surface area contributed by atoms with Crippen molar-refractivity contribution in [1.29, 1.82) is 0 Å². The Morgan fingerprint density at radius 1 is 1.26 bits per heavy atom. The zero-order chi connectivity index (χ0) is 13.4. The van der Waals surface area contributed by atoms with E-state index in [9.17, 15) is 5.11 Å². The summed E-state index contributed by atoms with van der Waals surface area (Å²) in [6.07, 6.45) is 2.34. The van der Waals surface area contributed by atoms with E-state index in [1.54, 1.807) is 13.1 Å². The van der Waals surface area contributed by atoms with Crippen LogP contribution in [0, 0.1) is 0 Å². The van der Waals surface area contributed by atoms with Gasteiger partial charge in [0.15, 0.2) is 0 Å². The summed E-state index contributed by atoms with van der Waals surface area (Å²) in [6.45, 7) is 3.97. The van der Waals surface area contributed by atoms with Gasteiger partial charge in [0.1, 0.15) is 5.82 Å². The van der Waals surface area contributed by atoms with Crippen LogP contribution in [0.15, 0.2) is 42.6 Å². The van der Waals surface area contributed by atoms with Gasteiger partial charge in [-0.1, -0.05) is 24.3 Å². The summed E-state index contributed by atoms with van der Waals surface area (Å²) in [4.78, 5) is 6.76. The van der Waals surface area contributed by atoms with E-state index in [4.69, 9.17) is 0 Å². The summed E-state index contributed by atoms with van der Waals surface area (Å²) in [7, 11) is 0. The largest absolute Gasteiger partial charge is 0.389 e. The molecule has 3 heteroatoms. The Hall–Kier alpha value is -1.87. The van der Waals surface area contributed by atoms with Gasteiger partial charge in [-0.15, -0.1) is 0 Å². The number of aromatic nitrogens is 1. The third kappa shape index (κ3) is 2.10. The molecule has 0 radical (unpaired) electrons. The van der Waals surface area contributed by atoms with Crippen molar-refractivity contribution in [3.05, 3.63) is 53.7 Å². The van der Waals surface area contributed by atoms with Gasteiger partial charge >= 0.3 is 0 Å². The monoisotopic (exact) mass is 254 g/mol. The average Bonchev–Trinajstić information content (AvgIpc) is 2.74. The third-order valence-electron chi connectivity index (χ3n) is 3.71. The minimum absolute atomic E-state index is 0.419. The first-order valence-corrected chi connectivity index (χ1v) is 6.68. The Bertz CT molecular complexity index is 578. The van der Waals surface area contributed by atoms with E-state index in [1.807, 2.05) is 12.1 Å². The molecular weight excluding hydrogens is 236 g/mol. The summed E-state index contributed by atoms with van der Waals surface area (Å²) in [5.74, 6) is 0.946. The van der Waals surface area contributed by atoms with Crippen LogP contribution < -0.4 is 4.90 Å². The number of fused-ring (bicyclic) bond motifs is 1. The second-order valence-corrected chi connectivity index (χ2v) is 5.18. The molecular formula is C16H18N2O. The van der Waals surface area contributed by atoms with Gasteiger partial charge in [-0.25, -0.2) is 4.98 Å². The van der Waals surface area contributed by atoms with Crippen LogP contribution in [0.3, 0.4) is 0 Å². The Morgan fingerprint density at radius 2 is 2.05 bits per heavy atom. The molecule has 2 atom stereocenters. The molecule has 0 spiro atoms. The number of benzene rings is 1. The molecule has 0 aliphatic carbocycles. The van der Waals surface area contributed by atoms with Crippen molar-refractivity contribution in [1.82, 2.24) is 4.98 Å². The van der Waals surface area contributed by atoms with E-state index in [-0.39, 0.29) is 0 Å². The maximum Gasteiger partial charge on any atom is 0.133 e. The number of nitrogens with zero attached hydrogens (tertiary/aromatic N) is 2. The molecule has 2 aromatic rings. The number of hydrogen-bond acceptors (Lipinski definition) is 3. The van der Waals surface area contributed by atoms with E-state index in [1.165, 1.54) is 11.3 Å². The molecule has 3 rings (SSSR count). The van der Waals surface area contributed by atoms with Gasteiger partial charge in [0.05, 0.1) is 6.10 Å². The molecule has 0 saturated heterocycles. The molecule has 0 amide bonds. The predicted molar refractivity (Wildman–Crippen MR) is 76.6 cm³/mol. The standard InChI is InChI=1S/C16H18N2O/c1-11-9-13-5-3-4-6-15(13)18(11)16-8-7-14(10-17-16)12(2)19/h3-8,10-12,19H,9H2,1-2H3/t11?,12-/m0/s1. The fourth-order valence-electron chi connectivity index (χ4n) is 2.70. The van der Waals surface area contributed by atoms with Crippen LogP contribution in [0.1, 0.15) is 31.1 Å². The Labute approximate surface area is 113 Å². The first-order valence-electron chi connectivity index (χ1n) is 6.68. The second-order valence-electron chi connectivity index (χ2n) is 5.18. The molecule has 2 heterocycles. The molecule has 0 bridgehead atoms. The van der Waals surface area contributed by atoms with Crippen molar-refractivity contribution in [3.8, 4) is 0 Å². The lowest BCUT2D eigenvalue weighted by Gasteiger charge is -2.24. The van der Waals surface area contributed by atoms with Crippen molar-refractivity contribution in [2.75, 3.05) is 4.90 Å². The van der Waals surface area contributed by atoms with E-state index in [0.717, 1.165) is 17.8 Å². The van der Waals surface area contributed by atoms with Gasteiger partial charge in [0.2, 0.25) is 0 Å². The minimum Gasteiger partial charge on any atom is -0.389 e. The first-order chi connectivity index (χ1) is 9.16. The number of aliphatic hydroxyl groups is 1. The van der Waals surface area contributed by atoms with Crippen molar-refractivity contribution in [3.63, 3.8) is 0 Å². The normalized spacial score (nSPS) is 19.3. The Kier molecular flexibility index (Phi) is 2.99. The Morgan fingerprint density at radius 3 is 2.74 bits per heavy atom. The predicted octanol–water partition coefficient (Wildman–Crippen LogP) is 3.22. The number of aliphatic hydroxyl groups excluding tert-OH is 1. The van der Waals surface area contributed by atoms with Crippen LogP contribution in [0.5, 0.6) is 0 Å². The Balaban J connectivity index is 1.98. The van der Waals surface area contributed by atoms with Gasteiger partial charge in [0, 0.05) is 17.9 Å². The van der Waals surface area contributed by atoms with Gasteiger partial charge < -0.3 is 10.0 Å². The van der Waals surface area contributed by atoms with Crippen molar-refractivity contribution >= 4 is 11.5 Å². The third-order valence-corrected chi connectivity index (χ3v) is 3.71. The number of rotatable bonds is 2. The highest BCUT2D eigenvalue weighted by Crippen LogP contribution is 2.37. The number of para-hydroxylation sites is 1. The van der Waals surface area contributed by atoms with Gasteiger partial charge in [-0.05, 0) is 43.5 Å². The van der Waals surface area contributed by atoms with E-state index >= 15 is 0 Å². The molecule has 3 nitrogen and oxygen atoms in total. The molecule has 1 aliphatic rings. The molecule has 1 aromatic carbocycles. The smallest absolute Gasteiger partial charge is 0.133 e. The van der Waals surface area contributed by atoms with Gasteiger partial charge in [-0.3, -0.25) is 0 Å². The van der Waals surface area contributed by atoms with E-state index < -0.39 is 6.10 Å². The molecule has 19 heavy (non-hydrogen) atoms. The average molecular weight is 254 g/mol. The van der Waals surface area contributed by atoms with Gasteiger partial charge in [0.25, 0.3) is 0 Å². The summed E-state index contributed by atoms with van der Waals surface area (Å²) in [5, 5.41) is 9.54. The molecule has 0 saturated carbocycles. The highest BCUT2D eigenvalue weighted by molar-refractivity contribution is 5.68. The summed E-state index contributed by atoms with van der Waals surface area (Å²) >= 11 is 0. The van der Waals surface area contributed by atoms with Crippen molar-refractivity contribution in [2.24, 2.45) is 0 Å². The van der Waals surface area contributed by atoms with E-state index in [2.05, 4.69) is 41.1 Å². The van der Waals surface area contributed by atoms with Crippen LogP contribution in [0.2, 0.25) is 0 Å². The highest BCUT2D eigenvalue weighted by Gasteiger charge is 2.27. The topological polar surface area (TPSA) is 36.4 Å². The molecule has 0 fully saturated rings. The zero-order valence-electron chi connectivity index (χ0n) is 11.2. The van der Waals surface area contributed by atoms with Crippen LogP contribution in [0.25, 0.3) is 0 Å². The van der Waals surface area contributed by atoms with E-state index in [0.29, 0.717) is 6.04 Å². The minimum atomic E-state index is -0.468. The van der Waals surface area contributed by atoms with Crippen LogP contribution in [-0.2, 0) is 6.42 Å². The maximum absolute atomic E-state index is 9.54. The first kappa shape index (κ1) is 12.2. The maximum atomic E-state index is 9.54. The lowest BCUT2D eigenvalue weighted by Crippen LogP contribution is -2.24. The van der Waals surface area contributed by atoms with Crippen LogP contribution in [-0.4, -0.2) is 16.1 Å². The van der Waals surface area contributed by atoms with Gasteiger partial charge in [-0.2, -0.15) is 0 Å². The fraction of sp³-hybridized carbons (Fsp3) is 0.312. The second kappa shape index (κ2) is 4.67.